The molecule has 1 aromatic heterocycles. The SMILES string of the molecule is COc1ccc2c(c1)c(C(=O)O)cc[n+]2[O-]. The van der Waals surface area contributed by atoms with Crippen LogP contribution in [0.2, 0.25) is 0 Å². The Balaban J connectivity index is 2.83. The van der Waals surface area contributed by atoms with Crippen molar-refractivity contribution in [2.75, 3.05) is 7.11 Å². The molecule has 0 aliphatic carbocycles. The molecule has 0 unspecified atom stereocenters. The smallest absolute Gasteiger partial charge is 0.336 e. The second kappa shape index (κ2) is 3.69. The molecule has 0 bridgehead atoms. The normalized spacial score (nSPS) is 10.3. The number of hydrogen-bond donors (Lipinski definition) is 1. The number of aromatic carboxylic acids is 1. The Morgan fingerprint density at radius 3 is 2.81 bits per heavy atom. The summed E-state index contributed by atoms with van der Waals surface area (Å²) in [6, 6.07) is 5.96. The van der Waals surface area contributed by atoms with E-state index in [1.165, 1.54) is 31.5 Å². The third kappa shape index (κ3) is 1.52. The molecule has 0 saturated carbocycles. The lowest BCUT2D eigenvalue weighted by Crippen LogP contribution is -2.27. The molecule has 2 rings (SSSR count). The quantitative estimate of drug-likeness (QED) is 0.608. The molecule has 0 fully saturated rings. The van der Waals surface area contributed by atoms with E-state index in [1.54, 1.807) is 6.07 Å². The van der Waals surface area contributed by atoms with Crippen LogP contribution in [0.4, 0.5) is 0 Å². The first-order valence-electron chi connectivity index (χ1n) is 4.56. The highest BCUT2D eigenvalue weighted by Crippen LogP contribution is 2.21. The Hall–Kier alpha value is -2.30. The molecule has 16 heavy (non-hydrogen) atoms. The number of hydrogen-bond acceptors (Lipinski definition) is 3. The summed E-state index contributed by atoms with van der Waals surface area (Å²) in [6.07, 6.45) is 1.18. The molecule has 0 amide bonds. The third-order valence-corrected chi connectivity index (χ3v) is 2.34. The van der Waals surface area contributed by atoms with E-state index in [0.29, 0.717) is 21.4 Å². The number of rotatable bonds is 2. The van der Waals surface area contributed by atoms with Gasteiger partial charge in [0.05, 0.1) is 18.1 Å². The van der Waals surface area contributed by atoms with Crippen LogP contribution < -0.4 is 9.47 Å². The summed E-state index contributed by atoms with van der Waals surface area (Å²) in [5.41, 5.74) is 0.390. The standard InChI is InChI=1S/C11H9NO4/c1-16-7-2-3-10-9(6-7)8(11(13)14)4-5-12(10)15/h2-6H,1H3,(H,13,14). The largest absolute Gasteiger partial charge is 0.618 e. The van der Waals surface area contributed by atoms with E-state index in [1.807, 2.05) is 0 Å². The summed E-state index contributed by atoms with van der Waals surface area (Å²) in [7, 11) is 1.48. The van der Waals surface area contributed by atoms with Crippen LogP contribution in [0.3, 0.4) is 0 Å². The lowest BCUT2D eigenvalue weighted by atomic mass is 10.1. The first-order valence-corrected chi connectivity index (χ1v) is 4.56. The van der Waals surface area contributed by atoms with Gasteiger partial charge in [0.25, 0.3) is 0 Å². The number of benzene rings is 1. The Bertz CT molecular complexity index is 565. The van der Waals surface area contributed by atoms with Crippen molar-refractivity contribution < 1.29 is 19.4 Å². The highest BCUT2D eigenvalue weighted by atomic mass is 16.5. The molecule has 1 N–H and O–H groups in total. The van der Waals surface area contributed by atoms with Gasteiger partial charge in [-0.15, -0.1) is 0 Å². The van der Waals surface area contributed by atoms with Gasteiger partial charge in [0.2, 0.25) is 5.52 Å². The summed E-state index contributed by atoms with van der Waals surface area (Å²) in [6.45, 7) is 0. The van der Waals surface area contributed by atoms with Crippen LogP contribution in [-0.2, 0) is 0 Å². The second-order valence-corrected chi connectivity index (χ2v) is 3.24. The average Bonchev–Trinajstić information content (AvgIpc) is 2.28. The zero-order valence-electron chi connectivity index (χ0n) is 8.51. The number of pyridine rings is 1. The van der Waals surface area contributed by atoms with E-state index in [9.17, 15) is 10.0 Å². The lowest BCUT2D eigenvalue weighted by molar-refractivity contribution is -0.577. The summed E-state index contributed by atoms with van der Waals surface area (Å²) in [4.78, 5) is 11.0. The molecule has 0 aliphatic rings. The number of fused-ring (bicyclic) bond motifs is 1. The topological polar surface area (TPSA) is 73.5 Å². The summed E-state index contributed by atoms with van der Waals surface area (Å²) < 4.78 is 5.62. The van der Waals surface area contributed by atoms with Crippen molar-refractivity contribution in [3.63, 3.8) is 0 Å². The molecule has 0 atom stereocenters. The summed E-state index contributed by atoms with van der Waals surface area (Å²) in [5.74, 6) is -0.556. The van der Waals surface area contributed by atoms with Gasteiger partial charge in [-0.1, -0.05) is 0 Å². The molecule has 1 aromatic carbocycles. The van der Waals surface area contributed by atoms with Gasteiger partial charge in [0.1, 0.15) is 5.75 Å². The molecule has 5 nitrogen and oxygen atoms in total. The van der Waals surface area contributed by atoms with Crippen LogP contribution in [0.1, 0.15) is 10.4 Å². The zero-order valence-corrected chi connectivity index (χ0v) is 8.51. The van der Waals surface area contributed by atoms with Crippen LogP contribution in [-0.4, -0.2) is 18.2 Å². The van der Waals surface area contributed by atoms with E-state index in [-0.39, 0.29) is 5.56 Å². The van der Waals surface area contributed by atoms with Crippen LogP contribution in [0.5, 0.6) is 5.75 Å². The van der Waals surface area contributed by atoms with Crippen LogP contribution in [0, 0.1) is 5.21 Å². The molecule has 0 aliphatic heterocycles. The van der Waals surface area contributed by atoms with Gasteiger partial charge in [-0.3, -0.25) is 0 Å². The minimum atomic E-state index is -1.07. The van der Waals surface area contributed by atoms with Crippen molar-refractivity contribution in [2.45, 2.75) is 0 Å². The number of carboxylic acids is 1. The van der Waals surface area contributed by atoms with Gasteiger partial charge in [0, 0.05) is 12.1 Å². The minimum absolute atomic E-state index is 0.0843. The first kappa shape index (κ1) is 10.2. The number of aromatic nitrogens is 1. The Labute approximate surface area is 91.1 Å². The van der Waals surface area contributed by atoms with E-state index in [2.05, 4.69) is 0 Å². The molecule has 82 valence electrons. The molecule has 5 heteroatoms. The number of carboxylic acid groups (broad SMARTS) is 1. The molecule has 0 saturated heterocycles. The van der Waals surface area contributed by atoms with Crippen molar-refractivity contribution in [3.8, 4) is 5.75 Å². The molecular weight excluding hydrogens is 210 g/mol. The Kier molecular flexibility index (Phi) is 2.36. The zero-order chi connectivity index (χ0) is 11.7. The maximum absolute atomic E-state index is 11.4. The van der Waals surface area contributed by atoms with E-state index < -0.39 is 5.97 Å². The summed E-state index contributed by atoms with van der Waals surface area (Å²) >= 11 is 0. The van der Waals surface area contributed by atoms with Gasteiger partial charge in [0.15, 0.2) is 6.20 Å². The van der Waals surface area contributed by atoms with Gasteiger partial charge in [-0.05, 0) is 12.1 Å². The van der Waals surface area contributed by atoms with Crippen LogP contribution in [0.25, 0.3) is 10.9 Å². The number of methoxy groups -OCH3 is 1. The first-order chi connectivity index (χ1) is 7.63. The van der Waals surface area contributed by atoms with Crippen LogP contribution >= 0.6 is 0 Å². The molecule has 2 aromatic rings. The number of carbonyl (C=O) groups is 1. The minimum Gasteiger partial charge on any atom is -0.618 e. The fourth-order valence-corrected chi connectivity index (χ4v) is 1.55. The number of nitrogens with zero attached hydrogens (tertiary/aromatic N) is 1. The fraction of sp³-hybridized carbons (Fsp3) is 0.0909. The van der Waals surface area contributed by atoms with Crippen LogP contribution in [0.15, 0.2) is 30.5 Å². The highest BCUT2D eigenvalue weighted by Gasteiger charge is 2.14. The van der Waals surface area contributed by atoms with Crippen molar-refractivity contribution >= 4 is 16.9 Å². The maximum Gasteiger partial charge on any atom is 0.336 e. The third-order valence-electron chi connectivity index (χ3n) is 2.34. The average molecular weight is 219 g/mol. The van der Waals surface area contributed by atoms with Crippen molar-refractivity contribution in [1.29, 1.82) is 0 Å². The van der Waals surface area contributed by atoms with Gasteiger partial charge in [-0.2, -0.15) is 4.73 Å². The van der Waals surface area contributed by atoms with E-state index >= 15 is 0 Å². The van der Waals surface area contributed by atoms with Crippen molar-refractivity contribution in [2.24, 2.45) is 0 Å². The lowest BCUT2D eigenvalue weighted by Gasteiger charge is -2.05. The molecular formula is C11H9NO4. The van der Waals surface area contributed by atoms with Crippen molar-refractivity contribution in [1.82, 2.24) is 0 Å². The summed E-state index contributed by atoms with van der Waals surface area (Å²) in [5, 5.41) is 20.8. The predicted molar refractivity (Wildman–Crippen MR) is 56.4 cm³/mol. The predicted octanol–water partition coefficient (Wildman–Crippen LogP) is 1.18. The van der Waals surface area contributed by atoms with Gasteiger partial charge in [-0.25, -0.2) is 4.79 Å². The highest BCUT2D eigenvalue weighted by molar-refractivity contribution is 6.01. The van der Waals surface area contributed by atoms with E-state index in [4.69, 9.17) is 9.84 Å². The fourth-order valence-electron chi connectivity index (χ4n) is 1.55. The van der Waals surface area contributed by atoms with E-state index in [0.717, 1.165) is 0 Å². The molecule has 0 spiro atoms. The molecule has 0 radical (unpaired) electrons. The Morgan fingerprint density at radius 2 is 2.19 bits per heavy atom. The number of ether oxygens (including phenoxy) is 1. The Morgan fingerprint density at radius 1 is 1.44 bits per heavy atom. The molecule has 1 heterocycles. The van der Waals surface area contributed by atoms with Gasteiger partial charge < -0.3 is 15.1 Å². The monoisotopic (exact) mass is 219 g/mol. The van der Waals surface area contributed by atoms with Gasteiger partial charge >= 0.3 is 5.97 Å². The maximum atomic E-state index is 11.4. The second-order valence-electron chi connectivity index (χ2n) is 3.24. The van der Waals surface area contributed by atoms with Crippen molar-refractivity contribution in [3.05, 3.63) is 41.2 Å².